The molecular formula is C15H20N4O2. The first-order valence-electron chi connectivity index (χ1n) is 6.93. The SMILES string of the molecule is Cc1nc(C(C)C)ncc1C(=O)NCc1c(C)noc1C. The summed E-state index contributed by atoms with van der Waals surface area (Å²) < 4.78 is 5.07. The Morgan fingerprint density at radius 3 is 2.52 bits per heavy atom. The van der Waals surface area contributed by atoms with Gasteiger partial charge in [0.25, 0.3) is 5.91 Å². The van der Waals surface area contributed by atoms with E-state index in [0.29, 0.717) is 17.8 Å². The largest absolute Gasteiger partial charge is 0.361 e. The second-order valence-corrected chi connectivity index (χ2v) is 5.37. The van der Waals surface area contributed by atoms with E-state index in [1.807, 2.05) is 34.6 Å². The Kier molecular flexibility index (Phi) is 4.35. The number of hydrogen-bond donors (Lipinski definition) is 1. The van der Waals surface area contributed by atoms with E-state index in [2.05, 4.69) is 20.4 Å². The molecule has 0 radical (unpaired) electrons. The average molecular weight is 288 g/mol. The zero-order valence-electron chi connectivity index (χ0n) is 13.0. The number of carbonyl (C=O) groups is 1. The van der Waals surface area contributed by atoms with E-state index in [-0.39, 0.29) is 11.8 Å². The Morgan fingerprint density at radius 2 is 2.00 bits per heavy atom. The van der Waals surface area contributed by atoms with Crippen molar-refractivity contribution in [3.8, 4) is 0 Å². The third kappa shape index (κ3) is 3.26. The summed E-state index contributed by atoms with van der Waals surface area (Å²) in [7, 11) is 0. The number of nitrogens with one attached hydrogen (secondary N) is 1. The van der Waals surface area contributed by atoms with Gasteiger partial charge in [0.2, 0.25) is 0 Å². The molecule has 0 aliphatic heterocycles. The number of nitrogens with zero attached hydrogens (tertiary/aromatic N) is 3. The van der Waals surface area contributed by atoms with E-state index in [1.54, 1.807) is 6.20 Å². The van der Waals surface area contributed by atoms with E-state index in [0.717, 1.165) is 22.8 Å². The fraction of sp³-hybridized carbons (Fsp3) is 0.467. The van der Waals surface area contributed by atoms with Crippen LogP contribution in [0.3, 0.4) is 0 Å². The van der Waals surface area contributed by atoms with Gasteiger partial charge in [0, 0.05) is 24.2 Å². The molecule has 0 saturated heterocycles. The van der Waals surface area contributed by atoms with E-state index >= 15 is 0 Å². The first-order valence-corrected chi connectivity index (χ1v) is 6.93. The molecule has 21 heavy (non-hydrogen) atoms. The van der Waals surface area contributed by atoms with Crippen molar-refractivity contribution in [1.29, 1.82) is 0 Å². The van der Waals surface area contributed by atoms with Crippen LogP contribution in [0, 0.1) is 20.8 Å². The molecule has 1 N–H and O–H groups in total. The van der Waals surface area contributed by atoms with E-state index in [1.165, 1.54) is 0 Å². The predicted octanol–water partition coefficient (Wildman–Crippen LogP) is 2.44. The number of aromatic nitrogens is 3. The van der Waals surface area contributed by atoms with E-state index < -0.39 is 0 Å². The van der Waals surface area contributed by atoms with E-state index in [9.17, 15) is 4.79 Å². The van der Waals surface area contributed by atoms with Crippen LogP contribution < -0.4 is 5.32 Å². The lowest BCUT2D eigenvalue weighted by molar-refractivity contribution is 0.0949. The van der Waals surface area contributed by atoms with Crippen molar-refractivity contribution < 1.29 is 9.32 Å². The Hall–Kier alpha value is -2.24. The summed E-state index contributed by atoms with van der Waals surface area (Å²) >= 11 is 0. The second-order valence-electron chi connectivity index (χ2n) is 5.37. The molecule has 0 aromatic carbocycles. The van der Waals surface area contributed by atoms with Crippen molar-refractivity contribution in [2.45, 2.75) is 47.1 Å². The van der Waals surface area contributed by atoms with Crippen molar-refractivity contribution in [3.05, 3.63) is 40.3 Å². The van der Waals surface area contributed by atoms with Gasteiger partial charge < -0.3 is 9.84 Å². The minimum absolute atomic E-state index is 0.192. The highest BCUT2D eigenvalue weighted by Gasteiger charge is 2.15. The molecule has 0 fully saturated rings. The Labute approximate surface area is 124 Å². The Bertz CT molecular complexity index is 642. The van der Waals surface area contributed by atoms with Crippen LogP contribution in [-0.2, 0) is 6.54 Å². The maximum absolute atomic E-state index is 12.2. The maximum Gasteiger partial charge on any atom is 0.254 e. The summed E-state index contributed by atoms with van der Waals surface area (Å²) in [6.07, 6.45) is 1.58. The highest BCUT2D eigenvalue weighted by molar-refractivity contribution is 5.94. The Balaban J connectivity index is 2.11. The summed E-state index contributed by atoms with van der Waals surface area (Å²) in [4.78, 5) is 20.8. The molecule has 2 aromatic rings. The molecule has 6 nitrogen and oxygen atoms in total. The number of hydrogen-bond acceptors (Lipinski definition) is 5. The average Bonchev–Trinajstić information content (AvgIpc) is 2.75. The van der Waals surface area contributed by atoms with Crippen LogP contribution in [0.25, 0.3) is 0 Å². The van der Waals surface area contributed by atoms with Gasteiger partial charge in [0.1, 0.15) is 11.6 Å². The standard InChI is InChI=1S/C15H20N4O2/c1-8(2)14-16-7-13(9(3)18-14)15(20)17-6-12-10(4)19-21-11(12)5/h7-8H,6H2,1-5H3,(H,17,20). The monoisotopic (exact) mass is 288 g/mol. The maximum atomic E-state index is 12.2. The van der Waals surface area contributed by atoms with Gasteiger partial charge in [-0.3, -0.25) is 4.79 Å². The van der Waals surface area contributed by atoms with Gasteiger partial charge in [-0.05, 0) is 20.8 Å². The second kappa shape index (κ2) is 6.03. The number of carbonyl (C=O) groups excluding carboxylic acids is 1. The van der Waals surface area contributed by atoms with Gasteiger partial charge in [-0.2, -0.15) is 0 Å². The quantitative estimate of drug-likeness (QED) is 0.934. The van der Waals surface area contributed by atoms with Crippen LogP contribution in [0.4, 0.5) is 0 Å². The van der Waals surface area contributed by atoms with Gasteiger partial charge in [-0.25, -0.2) is 9.97 Å². The molecule has 6 heteroatoms. The van der Waals surface area contributed by atoms with Crippen molar-refractivity contribution in [1.82, 2.24) is 20.4 Å². The van der Waals surface area contributed by atoms with Crippen LogP contribution in [-0.4, -0.2) is 21.0 Å². The van der Waals surface area contributed by atoms with Crippen molar-refractivity contribution in [3.63, 3.8) is 0 Å². The lowest BCUT2D eigenvalue weighted by Crippen LogP contribution is -2.25. The molecule has 0 saturated carbocycles. The molecule has 0 aliphatic rings. The van der Waals surface area contributed by atoms with Crippen molar-refractivity contribution in [2.75, 3.05) is 0 Å². The molecule has 0 aliphatic carbocycles. The molecule has 2 rings (SSSR count). The molecule has 0 unspecified atom stereocenters. The summed E-state index contributed by atoms with van der Waals surface area (Å²) in [6, 6.07) is 0. The summed E-state index contributed by atoms with van der Waals surface area (Å²) in [6.45, 7) is 9.92. The third-order valence-electron chi connectivity index (χ3n) is 3.37. The number of rotatable bonds is 4. The highest BCUT2D eigenvalue weighted by atomic mass is 16.5. The van der Waals surface area contributed by atoms with Gasteiger partial charge >= 0.3 is 0 Å². The molecular weight excluding hydrogens is 268 g/mol. The molecule has 0 spiro atoms. The highest BCUT2D eigenvalue weighted by Crippen LogP contribution is 2.13. The minimum atomic E-state index is -0.192. The first-order chi connectivity index (χ1) is 9.90. The first kappa shape index (κ1) is 15.2. The molecule has 2 aromatic heterocycles. The fourth-order valence-corrected chi connectivity index (χ4v) is 2.00. The molecule has 0 atom stereocenters. The summed E-state index contributed by atoms with van der Waals surface area (Å²) in [5.41, 5.74) is 2.87. The predicted molar refractivity (Wildman–Crippen MR) is 78.0 cm³/mol. The number of aryl methyl sites for hydroxylation is 3. The molecule has 112 valence electrons. The lowest BCUT2D eigenvalue weighted by atomic mass is 10.1. The van der Waals surface area contributed by atoms with Crippen LogP contribution in [0.15, 0.2) is 10.7 Å². The summed E-state index contributed by atoms with van der Waals surface area (Å²) in [5.74, 6) is 1.51. The lowest BCUT2D eigenvalue weighted by Gasteiger charge is -2.09. The van der Waals surface area contributed by atoms with Gasteiger partial charge in [0.15, 0.2) is 0 Å². The van der Waals surface area contributed by atoms with Gasteiger partial charge in [-0.1, -0.05) is 19.0 Å². The van der Waals surface area contributed by atoms with Crippen LogP contribution in [0.1, 0.15) is 58.7 Å². The van der Waals surface area contributed by atoms with E-state index in [4.69, 9.17) is 4.52 Å². The van der Waals surface area contributed by atoms with Gasteiger partial charge in [-0.15, -0.1) is 0 Å². The minimum Gasteiger partial charge on any atom is -0.361 e. The smallest absolute Gasteiger partial charge is 0.254 e. The number of amides is 1. The molecule has 0 bridgehead atoms. The topological polar surface area (TPSA) is 80.9 Å². The molecule has 2 heterocycles. The zero-order valence-corrected chi connectivity index (χ0v) is 13.0. The van der Waals surface area contributed by atoms with Crippen LogP contribution >= 0.6 is 0 Å². The van der Waals surface area contributed by atoms with Crippen molar-refractivity contribution >= 4 is 5.91 Å². The normalized spacial score (nSPS) is 11.0. The third-order valence-corrected chi connectivity index (χ3v) is 3.37. The van der Waals surface area contributed by atoms with Gasteiger partial charge in [0.05, 0.1) is 17.0 Å². The molecule has 1 amide bonds. The summed E-state index contributed by atoms with van der Waals surface area (Å²) in [5, 5.41) is 6.72. The van der Waals surface area contributed by atoms with Crippen molar-refractivity contribution in [2.24, 2.45) is 0 Å². The zero-order chi connectivity index (χ0) is 15.6. The van der Waals surface area contributed by atoms with Crippen LogP contribution in [0.2, 0.25) is 0 Å². The fourth-order valence-electron chi connectivity index (χ4n) is 2.00. The van der Waals surface area contributed by atoms with Crippen LogP contribution in [0.5, 0.6) is 0 Å². The Morgan fingerprint density at radius 1 is 1.29 bits per heavy atom.